The van der Waals surface area contributed by atoms with E-state index in [-0.39, 0.29) is 22.7 Å². The summed E-state index contributed by atoms with van der Waals surface area (Å²) in [5, 5.41) is 10.2. The quantitative estimate of drug-likeness (QED) is 0.485. The highest BCUT2D eigenvalue weighted by Crippen LogP contribution is 2.64. The molecule has 1 N–H and O–H groups in total. The van der Waals surface area contributed by atoms with Crippen molar-refractivity contribution in [1.82, 2.24) is 0 Å². The second-order valence-corrected chi connectivity index (χ2v) is 12.4. The maximum absolute atomic E-state index is 13.4. The van der Waals surface area contributed by atoms with Gasteiger partial charge in [-0.15, -0.1) is 0 Å². The molecule has 4 rings (SSSR count). The molecule has 7 atom stereocenters. The molecule has 0 bridgehead atoms. The molecule has 0 aliphatic heterocycles. The normalized spacial score (nSPS) is 39.7. The molecule has 174 valence electrons. The first-order chi connectivity index (χ1) is 14.6. The summed E-state index contributed by atoms with van der Waals surface area (Å²) >= 11 is 0. The van der Waals surface area contributed by atoms with Crippen LogP contribution in [0.5, 0.6) is 0 Å². The Hall–Kier alpha value is -0.890. The minimum absolute atomic E-state index is 0.0269. The summed E-state index contributed by atoms with van der Waals surface area (Å²) in [7, 11) is 0. The number of allylic oxidation sites excluding steroid dienone is 3. The van der Waals surface area contributed by atoms with Gasteiger partial charge in [-0.25, -0.2) is 0 Å². The molecule has 1 unspecified atom stereocenters. The van der Waals surface area contributed by atoms with Gasteiger partial charge in [-0.05, 0) is 92.4 Å². The predicted molar refractivity (Wildman–Crippen MR) is 129 cm³/mol. The topological polar surface area (TPSA) is 37.3 Å². The maximum Gasteiger partial charge on any atom is 0.182 e. The largest absolute Gasteiger partial charge is 0.393 e. The molecule has 0 aromatic rings. The van der Waals surface area contributed by atoms with Crippen LogP contribution in [0, 0.1) is 40.4 Å². The van der Waals surface area contributed by atoms with Crippen molar-refractivity contribution in [3.63, 3.8) is 0 Å². The van der Waals surface area contributed by atoms with Gasteiger partial charge < -0.3 is 5.11 Å². The fraction of sp³-hybridized carbons (Fsp3) is 0.828. The minimum Gasteiger partial charge on any atom is -0.393 e. The lowest BCUT2D eigenvalue weighted by molar-refractivity contribution is -0.113. The Morgan fingerprint density at radius 3 is 2.52 bits per heavy atom. The third-order valence-electron chi connectivity index (χ3n) is 10.5. The van der Waals surface area contributed by atoms with E-state index in [9.17, 15) is 9.90 Å². The summed E-state index contributed by atoms with van der Waals surface area (Å²) in [5.41, 5.74) is 4.19. The van der Waals surface area contributed by atoms with Crippen LogP contribution in [0.3, 0.4) is 0 Å². The van der Waals surface area contributed by atoms with Crippen LogP contribution < -0.4 is 0 Å². The summed E-state index contributed by atoms with van der Waals surface area (Å²) in [4.78, 5) is 13.4. The van der Waals surface area contributed by atoms with E-state index in [4.69, 9.17) is 0 Å². The number of ketones is 1. The van der Waals surface area contributed by atoms with Crippen molar-refractivity contribution in [2.45, 2.75) is 112 Å². The minimum atomic E-state index is -0.266. The smallest absolute Gasteiger partial charge is 0.182 e. The summed E-state index contributed by atoms with van der Waals surface area (Å²) < 4.78 is 0. The number of aliphatic hydroxyl groups is 1. The average Bonchev–Trinajstić information content (AvgIpc) is 3.06. The van der Waals surface area contributed by atoms with Gasteiger partial charge in [-0.2, -0.15) is 0 Å². The van der Waals surface area contributed by atoms with Crippen LogP contribution in [0.25, 0.3) is 0 Å². The Balaban J connectivity index is 1.56. The fourth-order valence-electron chi connectivity index (χ4n) is 8.35. The molecule has 0 heterocycles. The molecule has 2 saturated carbocycles. The fourth-order valence-corrected chi connectivity index (χ4v) is 8.35. The van der Waals surface area contributed by atoms with Crippen LogP contribution in [0.2, 0.25) is 0 Å². The highest BCUT2D eigenvalue weighted by Gasteiger charge is 2.56. The Kier molecular flexibility index (Phi) is 6.36. The Morgan fingerprint density at radius 2 is 1.84 bits per heavy atom. The SMILES string of the molecule is CC[C@H](CC[C@@H](C)[C@H]1CCC2C3=C(CC[C@@]21C)[C@@]1(C)CC[C@H](O)CC1=CC3=O)C(C)C. The second-order valence-electron chi connectivity index (χ2n) is 12.4. The first-order valence-corrected chi connectivity index (χ1v) is 13.3. The van der Waals surface area contributed by atoms with E-state index in [0.717, 1.165) is 42.9 Å². The maximum atomic E-state index is 13.4. The number of carbonyl (C=O) groups is 1. The van der Waals surface area contributed by atoms with E-state index in [2.05, 4.69) is 41.5 Å². The second kappa shape index (κ2) is 8.47. The van der Waals surface area contributed by atoms with E-state index < -0.39 is 0 Å². The molecule has 4 aliphatic carbocycles. The molecule has 4 aliphatic rings. The zero-order chi connectivity index (χ0) is 22.6. The molecule has 0 aromatic carbocycles. The lowest BCUT2D eigenvalue weighted by Crippen LogP contribution is -2.44. The molecule has 0 amide bonds. The number of hydrogen-bond acceptors (Lipinski definition) is 2. The zero-order valence-electron chi connectivity index (χ0n) is 21.0. The van der Waals surface area contributed by atoms with Crippen molar-refractivity contribution in [2.24, 2.45) is 40.4 Å². The third-order valence-corrected chi connectivity index (χ3v) is 10.5. The molecule has 0 aromatic heterocycles. The first-order valence-electron chi connectivity index (χ1n) is 13.3. The van der Waals surface area contributed by atoms with Gasteiger partial charge in [-0.1, -0.05) is 65.5 Å². The molecule has 31 heavy (non-hydrogen) atoms. The van der Waals surface area contributed by atoms with Gasteiger partial charge in [0.25, 0.3) is 0 Å². The predicted octanol–water partition coefficient (Wildman–Crippen LogP) is 7.27. The van der Waals surface area contributed by atoms with Crippen molar-refractivity contribution >= 4 is 5.78 Å². The van der Waals surface area contributed by atoms with Gasteiger partial charge in [0.2, 0.25) is 0 Å². The monoisotopic (exact) mass is 426 g/mol. The van der Waals surface area contributed by atoms with Gasteiger partial charge in [0.1, 0.15) is 0 Å². The lowest BCUT2D eigenvalue weighted by atomic mass is 9.53. The van der Waals surface area contributed by atoms with Crippen molar-refractivity contribution in [3.05, 3.63) is 22.8 Å². The summed E-state index contributed by atoms with van der Waals surface area (Å²) in [6.45, 7) is 14.5. The van der Waals surface area contributed by atoms with Crippen LogP contribution in [0.4, 0.5) is 0 Å². The van der Waals surface area contributed by atoms with Gasteiger partial charge in [0, 0.05) is 11.0 Å². The van der Waals surface area contributed by atoms with Crippen molar-refractivity contribution < 1.29 is 9.90 Å². The van der Waals surface area contributed by atoms with Crippen LogP contribution >= 0.6 is 0 Å². The van der Waals surface area contributed by atoms with Gasteiger partial charge >= 0.3 is 0 Å². The number of hydrogen-bond donors (Lipinski definition) is 1. The highest BCUT2D eigenvalue weighted by molar-refractivity contribution is 6.07. The standard InChI is InChI=1S/C29H46O2/c1-7-20(18(2)3)9-8-19(4)23-10-11-24-27-25(13-15-29(23,24)6)28(5)14-12-22(30)16-21(28)17-26(27)31/h17-20,22-24,30H,7-16H2,1-6H3/t19-,20-,22+,23-,24?,28+,29-/m1/s1. The lowest BCUT2D eigenvalue weighted by Gasteiger charge is -2.51. The molecule has 2 heteroatoms. The van der Waals surface area contributed by atoms with Gasteiger partial charge in [-0.3, -0.25) is 4.79 Å². The van der Waals surface area contributed by atoms with Crippen molar-refractivity contribution in [3.8, 4) is 0 Å². The van der Waals surface area contributed by atoms with E-state index in [0.29, 0.717) is 12.3 Å². The van der Waals surface area contributed by atoms with E-state index in [1.54, 1.807) is 0 Å². The molecule has 0 saturated heterocycles. The number of aliphatic hydroxyl groups excluding tert-OH is 1. The Labute approximate surface area is 191 Å². The van der Waals surface area contributed by atoms with E-state index in [1.165, 1.54) is 55.2 Å². The first kappa shape index (κ1) is 23.3. The van der Waals surface area contributed by atoms with Gasteiger partial charge in [0.15, 0.2) is 5.78 Å². The summed E-state index contributed by atoms with van der Waals surface area (Å²) in [6, 6.07) is 0. The van der Waals surface area contributed by atoms with Gasteiger partial charge in [0.05, 0.1) is 6.10 Å². The Morgan fingerprint density at radius 1 is 1.10 bits per heavy atom. The number of rotatable bonds is 6. The summed E-state index contributed by atoms with van der Waals surface area (Å²) in [5.74, 6) is 3.85. The molecular weight excluding hydrogens is 380 g/mol. The zero-order valence-corrected chi connectivity index (χ0v) is 21.0. The molecule has 2 fully saturated rings. The third kappa shape index (κ3) is 3.79. The van der Waals surface area contributed by atoms with Crippen molar-refractivity contribution in [1.29, 1.82) is 0 Å². The molecular formula is C29H46O2. The molecule has 2 nitrogen and oxygen atoms in total. The molecule has 0 spiro atoms. The van der Waals surface area contributed by atoms with Crippen LogP contribution in [-0.4, -0.2) is 17.0 Å². The van der Waals surface area contributed by atoms with Crippen molar-refractivity contribution in [2.75, 3.05) is 0 Å². The average molecular weight is 427 g/mol. The van der Waals surface area contributed by atoms with Crippen LogP contribution in [0.15, 0.2) is 22.8 Å². The van der Waals surface area contributed by atoms with E-state index >= 15 is 0 Å². The summed E-state index contributed by atoms with van der Waals surface area (Å²) in [6.07, 6.45) is 13.0. The van der Waals surface area contributed by atoms with Crippen LogP contribution in [-0.2, 0) is 4.79 Å². The number of carbonyl (C=O) groups excluding carboxylic acids is 1. The molecule has 0 radical (unpaired) electrons. The Bertz CT molecular complexity index is 774. The highest BCUT2D eigenvalue weighted by atomic mass is 16.3. The van der Waals surface area contributed by atoms with E-state index in [1.807, 2.05) is 6.08 Å². The number of fused-ring (bicyclic) bond motifs is 4. The van der Waals surface area contributed by atoms with Crippen LogP contribution in [0.1, 0.15) is 106 Å².